The molecule has 2 rings (SSSR count). The van der Waals surface area contributed by atoms with E-state index < -0.39 is 11.7 Å². The van der Waals surface area contributed by atoms with E-state index in [4.69, 9.17) is 0 Å². The molecule has 0 radical (unpaired) electrons. The lowest BCUT2D eigenvalue weighted by Crippen LogP contribution is -2.12. The van der Waals surface area contributed by atoms with Gasteiger partial charge in [0.05, 0.1) is 5.56 Å². The van der Waals surface area contributed by atoms with Crippen molar-refractivity contribution in [2.75, 3.05) is 0 Å². The molecule has 1 aromatic carbocycles. The summed E-state index contributed by atoms with van der Waals surface area (Å²) in [4.78, 5) is 2.59. The molecule has 0 aliphatic carbocycles. The van der Waals surface area contributed by atoms with Crippen LogP contribution in [-0.2, 0) is 25.7 Å². The first kappa shape index (κ1) is 15.1. The van der Waals surface area contributed by atoms with Gasteiger partial charge in [0.1, 0.15) is 0 Å². The van der Waals surface area contributed by atoms with Crippen LogP contribution >= 0.6 is 11.3 Å². The average Bonchev–Trinajstić information content (AvgIpc) is 2.86. The normalized spacial score (nSPS) is 11.8. The third kappa shape index (κ3) is 4.08. The Kier molecular flexibility index (Phi) is 4.83. The number of benzene rings is 1. The summed E-state index contributed by atoms with van der Waals surface area (Å²) < 4.78 is 37.2. The summed E-state index contributed by atoms with van der Waals surface area (Å²) in [5.74, 6) is 0. The first-order valence-electron chi connectivity index (χ1n) is 6.43. The third-order valence-electron chi connectivity index (χ3n) is 2.98. The molecule has 1 aromatic heterocycles. The molecule has 0 saturated heterocycles. The van der Waals surface area contributed by atoms with Crippen LogP contribution in [0, 0.1) is 0 Å². The highest BCUT2D eigenvalue weighted by molar-refractivity contribution is 7.11. The zero-order valence-electron chi connectivity index (χ0n) is 11.1. The zero-order valence-corrected chi connectivity index (χ0v) is 11.9. The highest BCUT2D eigenvalue weighted by Gasteiger charge is 2.29. The second-order valence-electron chi connectivity index (χ2n) is 4.52. The lowest BCUT2D eigenvalue weighted by Gasteiger charge is -2.08. The molecule has 20 heavy (non-hydrogen) atoms. The maximum absolute atomic E-state index is 12.4. The van der Waals surface area contributed by atoms with Crippen molar-refractivity contribution in [3.63, 3.8) is 0 Å². The van der Waals surface area contributed by atoms with Crippen molar-refractivity contribution < 1.29 is 13.2 Å². The van der Waals surface area contributed by atoms with Gasteiger partial charge in [0, 0.05) is 22.8 Å². The van der Waals surface area contributed by atoms with Crippen molar-refractivity contribution >= 4 is 11.3 Å². The van der Waals surface area contributed by atoms with Crippen molar-refractivity contribution in [1.29, 1.82) is 0 Å². The quantitative estimate of drug-likeness (QED) is 0.849. The van der Waals surface area contributed by atoms with Gasteiger partial charge >= 0.3 is 6.18 Å². The fraction of sp³-hybridized carbons (Fsp3) is 0.333. The van der Waals surface area contributed by atoms with Crippen LogP contribution in [0.25, 0.3) is 0 Å². The SMILES string of the molecule is CCc1ccc(CNCc2ccc(C(F)(F)F)cc2)s1. The van der Waals surface area contributed by atoms with Crippen LogP contribution in [0.3, 0.4) is 0 Å². The summed E-state index contributed by atoms with van der Waals surface area (Å²) in [5, 5.41) is 3.24. The van der Waals surface area contributed by atoms with Gasteiger partial charge in [0.2, 0.25) is 0 Å². The molecule has 0 saturated carbocycles. The molecule has 0 aliphatic rings. The molecular weight excluding hydrogens is 283 g/mol. The molecule has 0 aliphatic heterocycles. The highest BCUT2D eigenvalue weighted by atomic mass is 32.1. The first-order valence-corrected chi connectivity index (χ1v) is 7.25. The van der Waals surface area contributed by atoms with Gasteiger partial charge in [0.25, 0.3) is 0 Å². The van der Waals surface area contributed by atoms with Gasteiger partial charge in [-0.25, -0.2) is 0 Å². The van der Waals surface area contributed by atoms with E-state index in [2.05, 4.69) is 24.4 Å². The topological polar surface area (TPSA) is 12.0 Å². The largest absolute Gasteiger partial charge is 0.416 e. The number of alkyl halides is 3. The Hall–Kier alpha value is -1.33. The summed E-state index contributed by atoms with van der Waals surface area (Å²) in [6, 6.07) is 9.47. The third-order valence-corrected chi connectivity index (χ3v) is 4.20. The molecular formula is C15H16F3NS. The van der Waals surface area contributed by atoms with Gasteiger partial charge in [0.15, 0.2) is 0 Å². The van der Waals surface area contributed by atoms with Crippen molar-refractivity contribution in [2.24, 2.45) is 0 Å². The number of thiophene rings is 1. The van der Waals surface area contributed by atoms with Gasteiger partial charge in [-0.2, -0.15) is 13.2 Å². The Morgan fingerprint density at radius 1 is 0.950 bits per heavy atom. The Labute approximate surface area is 120 Å². The predicted octanol–water partition coefficient (Wildman–Crippen LogP) is 4.62. The minimum atomic E-state index is -4.26. The second-order valence-corrected chi connectivity index (χ2v) is 5.77. The monoisotopic (exact) mass is 299 g/mol. The van der Waals surface area contributed by atoms with Gasteiger partial charge in [-0.05, 0) is 36.2 Å². The smallest absolute Gasteiger partial charge is 0.308 e. The van der Waals surface area contributed by atoms with Gasteiger partial charge in [-0.15, -0.1) is 11.3 Å². The highest BCUT2D eigenvalue weighted by Crippen LogP contribution is 2.29. The standard InChI is InChI=1S/C15H16F3NS/c1-2-13-7-8-14(20-13)10-19-9-11-3-5-12(6-4-11)15(16,17)18/h3-8,19H,2,9-10H2,1H3. The molecule has 108 valence electrons. The van der Waals surface area contributed by atoms with Crippen LogP contribution in [-0.4, -0.2) is 0 Å². The minimum Gasteiger partial charge on any atom is -0.308 e. The molecule has 1 N–H and O–H groups in total. The maximum atomic E-state index is 12.4. The Morgan fingerprint density at radius 2 is 1.60 bits per heavy atom. The molecule has 0 atom stereocenters. The number of rotatable bonds is 5. The summed E-state index contributed by atoms with van der Waals surface area (Å²) in [6.07, 6.45) is -3.23. The molecule has 5 heteroatoms. The summed E-state index contributed by atoms with van der Waals surface area (Å²) in [6.45, 7) is 3.43. The fourth-order valence-electron chi connectivity index (χ4n) is 1.85. The first-order chi connectivity index (χ1) is 9.49. The summed E-state index contributed by atoms with van der Waals surface area (Å²) >= 11 is 1.76. The number of hydrogen-bond donors (Lipinski definition) is 1. The lowest BCUT2D eigenvalue weighted by atomic mass is 10.1. The summed E-state index contributed by atoms with van der Waals surface area (Å²) in [7, 11) is 0. The van der Waals surface area contributed by atoms with E-state index in [0.29, 0.717) is 6.54 Å². The van der Waals surface area contributed by atoms with E-state index in [1.807, 2.05) is 0 Å². The zero-order chi connectivity index (χ0) is 14.6. The number of halogens is 3. The molecule has 2 aromatic rings. The van der Waals surface area contributed by atoms with Crippen LogP contribution < -0.4 is 5.32 Å². The van der Waals surface area contributed by atoms with E-state index in [9.17, 15) is 13.2 Å². The van der Waals surface area contributed by atoms with Crippen LogP contribution in [0.1, 0.15) is 27.8 Å². The lowest BCUT2D eigenvalue weighted by molar-refractivity contribution is -0.137. The molecule has 1 nitrogen and oxygen atoms in total. The number of nitrogens with one attached hydrogen (secondary N) is 1. The predicted molar refractivity (Wildman–Crippen MR) is 75.7 cm³/mol. The molecule has 0 unspecified atom stereocenters. The van der Waals surface area contributed by atoms with E-state index in [-0.39, 0.29) is 0 Å². The maximum Gasteiger partial charge on any atom is 0.416 e. The van der Waals surface area contributed by atoms with E-state index >= 15 is 0 Å². The van der Waals surface area contributed by atoms with Crippen LogP contribution in [0.5, 0.6) is 0 Å². The van der Waals surface area contributed by atoms with Crippen molar-refractivity contribution in [3.8, 4) is 0 Å². The Morgan fingerprint density at radius 3 is 2.15 bits per heavy atom. The van der Waals surface area contributed by atoms with Crippen LogP contribution in [0.15, 0.2) is 36.4 Å². The molecule has 0 fully saturated rings. The molecule has 1 heterocycles. The van der Waals surface area contributed by atoms with Crippen LogP contribution in [0.4, 0.5) is 13.2 Å². The fourth-order valence-corrected chi connectivity index (χ4v) is 2.78. The Bertz CT molecular complexity index is 543. The molecule has 0 spiro atoms. The van der Waals surface area contributed by atoms with E-state index in [1.54, 1.807) is 11.3 Å². The van der Waals surface area contributed by atoms with E-state index in [0.717, 1.165) is 30.7 Å². The molecule has 0 amide bonds. The second kappa shape index (κ2) is 6.41. The van der Waals surface area contributed by atoms with Gasteiger partial charge < -0.3 is 5.32 Å². The summed E-state index contributed by atoms with van der Waals surface area (Å²) in [5.41, 5.74) is 0.248. The number of aryl methyl sites for hydroxylation is 1. The van der Waals surface area contributed by atoms with Crippen molar-refractivity contribution in [3.05, 3.63) is 57.3 Å². The number of hydrogen-bond acceptors (Lipinski definition) is 2. The van der Waals surface area contributed by atoms with Gasteiger partial charge in [-0.3, -0.25) is 0 Å². The van der Waals surface area contributed by atoms with Crippen molar-refractivity contribution in [1.82, 2.24) is 5.32 Å². The molecule has 0 bridgehead atoms. The van der Waals surface area contributed by atoms with Gasteiger partial charge in [-0.1, -0.05) is 19.1 Å². The minimum absolute atomic E-state index is 0.567. The van der Waals surface area contributed by atoms with Crippen molar-refractivity contribution in [2.45, 2.75) is 32.6 Å². The Balaban J connectivity index is 1.85. The van der Waals surface area contributed by atoms with E-state index in [1.165, 1.54) is 21.9 Å². The average molecular weight is 299 g/mol. The van der Waals surface area contributed by atoms with Crippen LogP contribution in [0.2, 0.25) is 0 Å².